The van der Waals surface area contributed by atoms with E-state index in [-0.39, 0.29) is 44.7 Å². The summed E-state index contributed by atoms with van der Waals surface area (Å²) >= 11 is 1.67. The third-order valence-corrected chi connectivity index (χ3v) is 12.1. The summed E-state index contributed by atoms with van der Waals surface area (Å²) in [5.74, 6) is 0.886. The van der Waals surface area contributed by atoms with Crippen LogP contribution in [0.3, 0.4) is 0 Å². The smallest absolute Gasteiger partial charge is 0.122 e. The Balaban J connectivity index is 1.66. The van der Waals surface area contributed by atoms with Crippen molar-refractivity contribution in [3.05, 3.63) is 137 Å². The summed E-state index contributed by atoms with van der Waals surface area (Å²) in [6.07, 6.45) is 2.20. The zero-order chi connectivity index (χ0) is 39.7. The van der Waals surface area contributed by atoms with Crippen molar-refractivity contribution in [2.75, 3.05) is 0 Å². The van der Waals surface area contributed by atoms with Crippen molar-refractivity contribution in [2.24, 2.45) is 0 Å². The first-order valence-corrected chi connectivity index (χ1v) is 20.2. The van der Waals surface area contributed by atoms with E-state index in [1.165, 1.54) is 0 Å². The standard InChI is InChI=1S/C49H60O4S/c1-46(2,3)37-18-29-13-28-14-41(54-27-28)26-36-25-40(49(10,11)12)24-35(45(36)53)17-34-23-39(48(7,8)9)22-33(44(34)52)16-32-21-38(47(4,5)6)20-31(43(32)51)15-30(19-37)42(29)50/h14,18-25,27,50-53H,13,15-17,26H2,1-12H3. The molecule has 5 aromatic rings. The van der Waals surface area contributed by atoms with Gasteiger partial charge < -0.3 is 20.4 Å². The van der Waals surface area contributed by atoms with Crippen molar-refractivity contribution in [3.63, 3.8) is 0 Å². The quantitative estimate of drug-likeness (QED) is 0.125. The lowest BCUT2D eigenvalue weighted by Gasteiger charge is -2.26. The summed E-state index contributed by atoms with van der Waals surface area (Å²) in [5, 5.41) is 50.3. The second-order valence-electron chi connectivity index (χ2n) is 19.9. The van der Waals surface area contributed by atoms with E-state index < -0.39 is 0 Å². The average Bonchev–Trinajstić information content (AvgIpc) is 3.48. The molecule has 4 nitrogen and oxygen atoms in total. The van der Waals surface area contributed by atoms with Gasteiger partial charge >= 0.3 is 0 Å². The number of fused-ring (bicyclic) bond motifs is 10. The maximum atomic E-state index is 12.1. The number of hydrogen-bond donors (Lipinski definition) is 4. The summed E-state index contributed by atoms with van der Waals surface area (Å²) in [7, 11) is 0. The Hall–Kier alpha value is -4.22. The van der Waals surface area contributed by atoms with Crippen molar-refractivity contribution in [1.82, 2.24) is 0 Å². The molecule has 1 heterocycles. The lowest BCUT2D eigenvalue weighted by molar-refractivity contribution is 0.451. The van der Waals surface area contributed by atoms with Crippen molar-refractivity contribution in [2.45, 2.75) is 137 Å². The van der Waals surface area contributed by atoms with Gasteiger partial charge in [0.15, 0.2) is 0 Å². The molecule has 0 saturated carbocycles. The maximum absolute atomic E-state index is 12.1. The van der Waals surface area contributed by atoms with Crippen LogP contribution < -0.4 is 0 Å². The Morgan fingerprint density at radius 2 is 0.593 bits per heavy atom. The van der Waals surface area contributed by atoms with E-state index in [4.69, 9.17) is 0 Å². The van der Waals surface area contributed by atoms with Crippen molar-refractivity contribution in [3.8, 4) is 23.0 Å². The molecule has 54 heavy (non-hydrogen) atoms. The minimum Gasteiger partial charge on any atom is -0.507 e. The highest BCUT2D eigenvalue weighted by molar-refractivity contribution is 7.10. The van der Waals surface area contributed by atoms with Gasteiger partial charge in [-0.3, -0.25) is 0 Å². The van der Waals surface area contributed by atoms with Crippen LogP contribution in [0.15, 0.2) is 60.0 Å². The largest absolute Gasteiger partial charge is 0.507 e. The van der Waals surface area contributed by atoms with Gasteiger partial charge in [0, 0.05) is 37.0 Å². The molecule has 1 aliphatic rings. The number of aromatic hydroxyl groups is 4. The number of phenolic OH excluding ortho intramolecular Hbond substituents is 4. The molecule has 0 atom stereocenters. The van der Waals surface area contributed by atoms with E-state index in [0.717, 1.165) is 77.2 Å². The van der Waals surface area contributed by atoms with Gasteiger partial charge in [0.25, 0.3) is 0 Å². The van der Waals surface area contributed by atoms with E-state index in [1.807, 2.05) is 0 Å². The van der Waals surface area contributed by atoms with E-state index >= 15 is 0 Å². The third-order valence-electron chi connectivity index (χ3n) is 11.1. The Labute approximate surface area is 327 Å². The van der Waals surface area contributed by atoms with Crippen LogP contribution in [0, 0.1) is 0 Å². The highest BCUT2D eigenvalue weighted by atomic mass is 32.1. The number of phenols is 4. The van der Waals surface area contributed by atoms with Gasteiger partial charge in [-0.05, 0) is 105 Å². The van der Waals surface area contributed by atoms with Gasteiger partial charge in [-0.2, -0.15) is 0 Å². The number of thiophene rings is 1. The highest BCUT2D eigenvalue weighted by Gasteiger charge is 2.27. The highest BCUT2D eigenvalue weighted by Crippen LogP contribution is 2.42. The Morgan fingerprint density at radius 3 is 0.852 bits per heavy atom. The van der Waals surface area contributed by atoms with Crippen LogP contribution in [0.5, 0.6) is 23.0 Å². The fourth-order valence-corrected chi connectivity index (χ4v) is 8.40. The van der Waals surface area contributed by atoms with E-state index in [9.17, 15) is 20.4 Å². The molecule has 10 bridgehead atoms. The maximum Gasteiger partial charge on any atom is 0.122 e. The Bertz CT molecular complexity index is 2070. The van der Waals surface area contributed by atoms with Gasteiger partial charge in [-0.25, -0.2) is 0 Å². The molecule has 0 unspecified atom stereocenters. The first-order valence-electron chi connectivity index (χ1n) is 19.4. The Morgan fingerprint density at radius 1 is 0.352 bits per heavy atom. The molecule has 286 valence electrons. The van der Waals surface area contributed by atoms with Gasteiger partial charge in [-0.15, -0.1) is 11.3 Å². The zero-order valence-electron chi connectivity index (χ0n) is 34.5. The molecule has 0 aliphatic heterocycles. The molecule has 0 radical (unpaired) electrons. The molecule has 4 N–H and O–H groups in total. The van der Waals surface area contributed by atoms with Crippen LogP contribution >= 0.6 is 11.3 Å². The van der Waals surface area contributed by atoms with Gasteiger partial charge in [0.1, 0.15) is 23.0 Å². The first-order chi connectivity index (χ1) is 24.9. The van der Waals surface area contributed by atoms with Crippen LogP contribution in [0.4, 0.5) is 0 Å². The van der Waals surface area contributed by atoms with E-state index in [2.05, 4.69) is 143 Å². The fraction of sp³-hybridized carbons (Fsp3) is 0.429. The summed E-state index contributed by atoms with van der Waals surface area (Å²) < 4.78 is 0. The molecular weight excluding hydrogens is 685 g/mol. The molecule has 5 heteroatoms. The third kappa shape index (κ3) is 8.22. The van der Waals surface area contributed by atoms with Crippen LogP contribution in [0.2, 0.25) is 0 Å². The van der Waals surface area contributed by atoms with Crippen LogP contribution in [-0.4, -0.2) is 20.4 Å². The summed E-state index contributed by atoms with van der Waals surface area (Å²) in [6, 6.07) is 19.0. The van der Waals surface area contributed by atoms with Crippen molar-refractivity contribution in [1.29, 1.82) is 0 Å². The normalized spacial score (nSPS) is 14.2. The van der Waals surface area contributed by atoms with Gasteiger partial charge in [0.2, 0.25) is 0 Å². The van der Waals surface area contributed by atoms with E-state index in [0.29, 0.717) is 32.1 Å². The zero-order valence-corrected chi connectivity index (χ0v) is 35.3. The summed E-state index contributed by atoms with van der Waals surface area (Å²) in [4.78, 5) is 1.13. The molecule has 6 rings (SSSR count). The van der Waals surface area contributed by atoms with Crippen LogP contribution in [0.25, 0.3) is 0 Å². The minimum absolute atomic E-state index is 0.160. The lowest BCUT2D eigenvalue weighted by Crippen LogP contribution is -2.15. The second kappa shape index (κ2) is 13.8. The molecule has 0 saturated heterocycles. The summed E-state index contributed by atoms with van der Waals surface area (Å²) in [5.41, 5.74) is 11.0. The first kappa shape index (κ1) is 39.5. The predicted octanol–water partition coefficient (Wildman–Crippen LogP) is 12.0. The minimum atomic E-state index is -0.212. The topological polar surface area (TPSA) is 80.9 Å². The molecule has 0 amide bonds. The van der Waals surface area contributed by atoms with Crippen molar-refractivity contribution < 1.29 is 20.4 Å². The van der Waals surface area contributed by atoms with Crippen LogP contribution in [0.1, 0.15) is 160 Å². The van der Waals surface area contributed by atoms with Crippen LogP contribution in [-0.2, 0) is 53.8 Å². The number of hydrogen-bond acceptors (Lipinski definition) is 5. The second-order valence-corrected chi connectivity index (χ2v) is 20.9. The van der Waals surface area contributed by atoms with E-state index in [1.54, 1.807) is 11.3 Å². The Kier molecular flexibility index (Phi) is 10.1. The molecule has 1 aromatic heterocycles. The SMILES string of the molecule is CC(C)(C)c1cc2c(O)c(c1)Cc1cc(C(C)(C)C)cc(c1O)Cc1cc(C(C)(C)C)cc(c1O)Cc1cc(C(C)(C)C)cc(c1O)Cc1cc(cs1)C2. The molecule has 0 fully saturated rings. The fourth-order valence-electron chi connectivity index (χ4n) is 7.48. The van der Waals surface area contributed by atoms with Gasteiger partial charge in [0.05, 0.1) is 0 Å². The summed E-state index contributed by atoms with van der Waals surface area (Å²) in [6.45, 7) is 26.2. The monoisotopic (exact) mass is 744 g/mol. The van der Waals surface area contributed by atoms with Gasteiger partial charge in [-0.1, -0.05) is 132 Å². The molecule has 1 aliphatic carbocycles. The number of rotatable bonds is 0. The molecule has 0 spiro atoms. The van der Waals surface area contributed by atoms with Crippen molar-refractivity contribution >= 4 is 11.3 Å². The number of benzene rings is 4. The lowest BCUT2D eigenvalue weighted by atomic mass is 9.80. The average molecular weight is 745 g/mol. The molecular formula is C49H60O4S. The molecule has 4 aromatic carbocycles. The predicted molar refractivity (Wildman–Crippen MR) is 226 cm³/mol.